The quantitative estimate of drug-likeness (QED) is 0.858. The standard InChI is InChI=1S/C10H8N2O2S.C2H6/c11-9-7(10(13)14)4-6(5-12-9)8-2-1-3-15-8;1-2/h1-5H,(H2,11,12)(H,13,14);1-2H3. The molecule has 2 rings (SSSR count). The van der Waals surface area contributed by atoms with Crippen LogP contribution in [0.4, 0.5) is 5.82 Å². The number of nitrogens with zero attached hydrogens (tertiary/aromatic N) is 1. The van der Waals surface area contributed by atoms with Crippen molar-refractivity contribution in [2.45, 2.75) is 13.8 Å². The molecule has 0 saturated heterocycles. The summed E-state index contributed by atoms with van der Waals surface area (Å²) >= 11 is 1.53. The van der Waals surface area contributed by atoms with Gasteiger partial charge < -0.3 is 10.8 Å². The van der Waals surface area contributed by atoms with Gasteiger partial charge in [0.1, 0.15) is 11.4 Å². The number of anilines is 1. The summed E-state index contributed by atoms with van der Waals surface area (Å²) in [5.41, 5.74) is 6.27. The topological polar surface area (TPSA) is 76.2 Å². The molecule has 2 aromatic rings. The largest absolute Gasteiger partial charge is 0.478 e. The first-order chi connectivity index (χ1) is 8.18. The van der Waals surface area contributed by atoms with Gasteiger partial charge in [0.15, 0.2) is 0 Å². The summed E-state index contributed by atoms with van der Waals surface area (Å²) in [5, 5.41) is 10.8. The molecule has 3 N–H and O–H groups in total. The van der Waals surface area contributed by atoms with Gasteiger partial charge in [0, 0.05) is 16.6 Å². The lowest BCUT2D eigenvalue weighted by molar-refractivity contribution is 0.0698. The Labute approximate surface area is 104 Å². The first kappa shape index (κ1) is 13.2. The number of carbonyl (C=O) groups is 1. The molecule has 0 amide bonds. The second-order valence-corrected chi connectivity index (χ2v) is 3.89. The summed E-state index contributed by atoms with van der Waals surface area (Å²) in [6, 6.07) is 5.34. The molecule has 5 heteroatoms. The van der Waals surface area contributed by atoms with E-state index in [1.807, 2.05) is 31.4 Å². The first-order valence-corrected chi connectivity index (χ1v) is 6.09. The van der Waals surface area contributed by atoms with Crippen molar-refractivity contribution >= 4 is 23.1 Å². The van der Waals surface area contributed by atoms with Gasteiger partial charge in [-0.1, -0.05) is 19.9 Å². The van der Waals surface area contributed by atoms with Crippen LogP contribution < -0.4 is 5.73 Å². The summed E-state index contributed by atoms with van der Waals surface area (Å²) in [6.07, 6.45) is 1.58. The molecule has 0 unspecified atom stereocenters. The van der Waals surface area contributed by atoms with Gasteiger partial charge in [-0.25, -0.2) is 9.78 Å². The van der Waals surface area contributed by atoms with Gasteiger partial charge >= 0.3 is 5.97 Å². The monoisotopic (exact) mass is 250 g/mol. The van der Waals surface area contributed by atoms with Gasteiger partial charge in [-0.05, 0) is 17.5 Å². The Hall–Kier alpha value is -1.88. The fourth-order valence-corrected chi connectivity index (χ4v) is 1.93. The number of pyridine rings is 1. The number of hydrogen-bond acceptors (Lipinski definition) is 4. The summed E-state index contributed by atoms with van der Waals surface area (Å²) in [7, 11) is 0. The van der Waals surface area contributed by atoms with Crippen molar-refractivity contribution in [1.82, 2.24) is 4.98 Å². The molecule has 0 spiro atoms. The molecule has 2 heterocycles. The molecule has 4 nitrogen and oxygen atoms in total. The molecule has 17 heavy (non-hydrogen) atoms. The zero-order valence-electron chi connectivity index (χ0n) is 9.68. The maximum Gasteiger partial charge on any atom is 0.339 e. The molecule has 0 aromatic carbocycles. The van der Waals surface area contributed by atoms with E-state index in [1.54, 1.807) is 6.20 Å². The highest BCUT2D eigenvalue weighted by molar-refractivity contribution is 7.13. The second kappa shape index (κ2) is 6.00. The number of hydrogen-bond donors (Lipinski definition) is 2. The van der Waals surface area contributed by atoms with Crippen molar-refractivity contribution in [1.29, 1.82) is 0 Å². The van der Waals surface area contributed by atoms with Crippen LogP contribution in [0.3, 0.4) is 0 Å². The summed E-state index contributed by atoms with van der Waals surface area (Å²) in [6.45, 7) is 4.00. The molecule has 2 aromatic heterocycles. The van der Waals surface area contributed by atoms with Gasteiger partial charge in [0.05, 0.1) is 0 Å². The van der Waals surface area contributed by atoms with Gasteiger partial charge in [0.2, 0.25) is 0 Å². The Morgan fingerprint density at radius 3 is 2.71 bits per heavy atom. The number of nitrogen functional groups attached to an aromatic ring is 1. The van der Waals surface area contributed by atoms with E-state index < -0.39 is 5.97 Å². The van der Waals surface area contributed by atoms with Crippen molar-refractivity contribution in [3.05, 3.63) is 35.3 Å². The SMILES string of the molecule is CC.Nc1ncc(-c2cccs2)cc1C(=O)O. The minimum absolute atomic E-state index is 0.0425. The van der Waals surface area contributed by atoms with Crippen LogP contribution in [0.25, 0.3) is 10.4 Å². The number of carboxylic acids is 1. The zero-order valence-corrected chi connectivity index (χ0v) is 10.5. The number of nitrogens with two attached hydrogens (primary N) is 1. The van der Waals surface area contributed by atoms with Crippen molar-refractivity contribution in [2.24, 2.45) is 0 Å². The number of thiophene rings is 1. The van der Waals surface area contributed by atoms with E-state index in [2.05, 4.69) is 4.98 Å². The molecular weight excluding hydrogens is 236 g/mol. The van der Waals surface area contributed by atoms with Crippen molar-refractivity contribution < 1.29 is 9.90 Å². The minimum atomic E-state index is -1.06. The third kappa shape index (κ3) is 3.04. The van der Waals surface area contributed by atoms with Crippen LogP contribution in [-0.4, -0.2) is 16.1 Å². The summed E-state index contributed by atoms with van der Waals surface area (Å²) in [4.78, 5) is 15.7. The maximum atomic E-state index is 10.8. The molecule has 0 aliphatic heterocycles. The minimum Gasteiger partial charge on any atom is -0.478 e. The highest BCUT2D eigenvalue weighted by atomic mass is 32.1. The normalized spacial score (nSPS) is 9.29. The third-order valence-corrected chi connectivity index (χ3v) is 2.87. The lowest BCUT2D eigenvalue weighted by atomic mass is 10.1. The predicted octanol–water partition coefficient (Wildman–Crippen LogP) is 3.12. The molecule has 0 radical (unpaired) electrons. The Morgan fingerprint density at radius 1 is 1.47 bits per heavy atom. The van der Waals surface area contributed by atoms with Gasteiger partial charge in [-0.15, -0.1) is 11.3 Å². The van der Waals surface area contributed by atoms with Gasteiger partial charge in [-0.2, -0.15) is 0 Å². The molecule has 90 valence electrons. The predicted molar refractivity (Wildman–Crippen MR) is 70.3 cm³/mol. The van der Waals surface area contributed by atoms with Crippen LogP contribution in [0.15, 0.2) is 29.8 Å². The van der Waals surface area contributed by atoms with E-state index in [0.717, 1.165) is 10.4 Å². The fraction of sp³-hybridized carbons (Fsp3) is 0.167. The second-order valence-electron chi connectivity index (χ2n) is 2.94. The Bertz CT molecular complexity index is 495. The highest BCUT2D eigenvalue weighted by Crippen LogP contribution is 2.26. The molecule has 0 aliphatic rings. The van der Waals surface area contributed by atoms with E-state index in [1.165, 1.54) is 17.4 Å². The van der Waals surface area contributed by atoms with Gasteiger partial charge in [0.25, 0.3) is 0 Å². The average Bonchev–Trinajstić information content (AvgIpc) is 2.85. The Kier molecular flexibility index (Phi) is 4.66. The molecule has 0 atom stereocenters. The number of aromatic nitrogens is 1. The fourth-order valence-electron chi connectivity index (χ4n) is 1.22. The maximum absolute atomic E-state index is 10.8. The Balaban J connectivity index is 0.000000686. The summed E-state index contributed by atoms with van der Waals surface area (Å²) in [5.74, 6) is -1.01. The number of rotatable bonds is 2. The Morgan fingerprint density at radius 2 is 2.18 bits per heavy atom. The van der Waals surface area contributed by atoms with Crippen LogP contribution in [-0.2, 0) is 0 Å². The van der Waals surface area contributed by atoms with E-state index in [9.17, 15) is 4.79 Å². The van der Waals surface area contributed by atoms with Crippen molar-refractivity contribution in [2.75, 3.05) is 5.73 Å². The zero-order chi connectivity index (χ0) is 12.8. The number of aromatic carboxylic acids is 1. The van der Waals surface area contributed by atoms with Crippen molar-refractivity contribution in [3.8, 4) is 10.4 Å². The molecular formula is C12H14N2O2S. The molecule has 0 aliphatic carbocycles. The number of carboxylic acid groups (broad SMARTS) is 1. The molecule has 0 saturated carbocycles. The van der Waals surface area contributed by atoms with Crippen LogP contribution in [0.2, 0.25) is 0 Å². The van der Waals surface area contributed by atoms with Crippen molar-refractivity contribution in [3.63, 3.8) is 0 Å². The van der Waals surface area contributed by atoms with E-state index in [-0.39, 0.29) is 11.4 Å². The van der Waals surface area contributed by atoms with Gasteiger partial charge in [-0.3, -0.25) is 0 Å². The summed E-state index contributed by atoms with van der Waals surface area (Å²) < 4.78 is 0. The highest BCUT2D eigenvalue weighted by Gasteiger charge is 2.10. The smallest absolute Gasteiger partial charge is 0.339 e. The molecule has 0 fully saturated rings. The van der Waals surface area contributed by atoms with E-state index in [0.29, 0.717) is 0 Å². The van der Waals surface area contributed by atoms with E-state index in [4.69, 9.17) is 10.8 Å². The first-order valence-electron chi connectivity index (χ1n) is 5.21. The lowest BCUT2D eigenvalue weighted by Crippen LogP contribution is -2.04. The molecule has 0 bridgehead atoms. The van der Waals surface area contributed by atoms with Crippen LogP contribution in [0.5, 0.6) is 0 Å². The third-order valence-electron chi connectivity index (χ3n) is 1.95. The lowest BCUT2D eigenvalue weighted by Gasteiger charge is -2.02. The van der Waals surface area contributed by atoms with Crippen LogP contribution >= 0.6 is 11.3 Å². The average molecular weight is 250 g/mol. The van der Waals surface area contributed by atoms with Crippen LogP contribution in [0.1, 0.15) is 24.2 Å². The van der Waals surface area contributed by atoms with E-state index >= 15 is 0 Å². The van der Waals surface area contributed by atoms with Crippen LogP contribution in [0, 0.1) is 0 Å².